The molecular weight excluding hydrogens is 554 g/mol. The summed E-state index contributed by atoms with van der Waals surface area (Å²) in [5.74, 6) is 2.42. The molecule has 4 atom stereocenters. The number of aliphatic hydroxyl groups is 1. The summed E-state index contributed by atoms with van der Waals surface area (Å²) in [6.07, 6.45) is 10.1. The van der Waals surface area contributed by atoms with Crippen LogP contribution in [-0.2, 0) is 27.4 Å². The summed E-state index contributed by atoms with van der Waals surface area (Å²) in [5.41, 5.74) is 4.04. The van der Waals surface area contributed by atoms with Crippen LogP contribution in [0.3, 0.4) is 0 Å². The smallest absolute Gasteiger partial charge is 0.315 e. The van der Waals surface area contributed by atoms with Crippen LogP contribution in [0.25, 0.3) is 0 Å². The molecule has 8 heteroatoms. The van der Waals surface area contributed by atoms with E-state index in [9.17, 15) is 9.90 Å². The largest absolute Gasteiger partial charge is 0.392 e. The molecule has 0 aromatic heterocycles. The van der Waals surface area contributed by atoms with Gasteiger partial charge in [0, 0.05) is 43.8 Å². The number of carbonyl (C=O) groups excluding carboxylic acids is 1. The first kappa shape index (κ1) is 30.2. The molecule has 4 bridgehead atoms. The Balaban J connectivity index is 0.989. The van der Waals surface area contributed by atoms with Crippen LogP contribution in [0.2, 0.25) is 0 Å². The molecule has 0 spiro atoms. The van der Waals surface area contributed by atoms with Gasteiger partial charge < -0.3 is 30.0 Å². The molecule has 2 aromatic carbocycles. The first-order valence-corrected chi connectivity index (χ1v) is 16.9. The fourth-order valence-corrected chi connectivity index (χ4v) is 9.33. The highest BCUT2D eigenvalue weighted by Crippen LogP contribution is 2.55. The number of methoxy groups -OCH3 is 1. The van der Waals surface area contributed by atoms with E-state index in [1.165, 1.54) is 25.7 Å². The zero-order chi connectivity index (χ0) is 30.1. The van der Waals surface area contributed by atoms with Gasteiger partial charge in [-0.25, -0.2) is 4.79 Å². The first-order valence-electron chi connectivity index (χ1n) is 16.9. The lowest BCUT2D eigenvalue weighted by molar-refractivity contribution is -0.253. The number of hydrogen-bond donors (Lipinski definition) is 3. The minimum atomic E-state index is -0.485. The van der Waals surface area contributed by atoms with Gasteiger partial charge in [0.2, 0.25) is 0 Å². The lowest BCUT2D eigenvalue weighted by atomic mass is 9.53. The van der Waals surface area contributed by atoms with Crippen molar-refractivity contribution in [3.8, 4) is 0 Å². The number of benzene rings is 2. The average Bonchev–Trinajstić information content (AvgIpc) is 3.45. The lowest BCUT2D eigenvalue weighted by Gasteiger charge is -2.56. The number of carbonyl (C=O) groups is 1. The molecule has 6 fully saturated rings. The maximum atomic E-state index is 13.0. The van der Waals surface area contributed by atoms with Gasteiger partial charge in [-0.15, -0.1) is 0 Å². The van der Waals surface area contributed by atoms with E-state index in [-0.39, 0.29) is 30.4 Å². The van der Waals surface area contributed by atoms with Crippen molar-refractivity contribution in [1.82, 2.24) is 15.5 Å². The molecule has 8 rings (SSSR count). The third kappa shape index (κ3) is 6.70. The monoisotopic (exact) mass is 603 g/mol. The van der Waals surface area contributed by atoms with E-state index < -0.39 is 6.29 Å². The fraction of sp³-hybridized carbons (Fsp3) is 0.639. The van der Waals surface area contributed by atoms with Gasteiger partial charge in [-0.3, -0.25) is 4.90 Å². The lowest BCUT2D eigenvalue weighted by Crippen LogP contribution is -2.61. The number of urea groups is 1. The molecule has 8 nitrogen and oxygen atoms in total. The van der Waals surface area contributed by atoms with E-state index in [1.54, 1.807) is 7.11 Å². The van der Waals surface area contributed by atoms with Gasteiger partial charge in [0.15, 0.2) is 6.29 Å². The number of nitrogens with zero attached hydrogens (tertiary/aromatic N) is 1. The van der Waals surface area contributed by atoms with Crippen LogP contribution in [0.5, 0.6) is 0 Å². The predicted molar refractivity (Wildman–Crippen MR) is 168 cm³/mol. The van der Waals surface area contributed by atoms with Gasteiger partial charge in [-0.05, 0) is 92.4 Å². The minimum Gasteiger partial charge on any atom is -0.392 e. The van der Waals surface area contributed by atoms with Crippen LogP contribution in [0, 0.1) is 17.8 Å². The zero-order valence-corrected chi connectivity index (χ0v) is 26.1. The summed E-state index contributed by atoms with van der Waals surface area (Å²) >= 11 is 0. The van der Waals surface area contributed by atoms with Crippen LogP contribution in [-0.4, -0.2) is 60.5 Å². The number of likely N-dealkylation sites (tertiary alicyclic amines) is 1. The average molecular weight is 604 g/mol. The fourth-order valence-electron chi connectivity index (χ4n) is 9.33. The van der Waals surface area contributed by atoms with Crippen LogP contribution < -0.4 is 10.6 Å². The molecule has 2 heterocycles. The third-order valence-corrected chi connectivity index (χ3v) is 11.0. The Morgan fingerprint density at radius 2 is 1.59 bits per heavy atom. The normalized spacial score (nSPS) is 34.7. The predicted octanol–water partition coefficient (Wildman–Crippen LogP) is 5.60. The molecule has 2 amide bonds. The molecule has 0 radical (unpaired) electrons. The van der Waals surface area contributed by atoms with E-state index in [0.717, 1.165) is 91.8 Å². The molecule has 4 saturated carbocycles. The quantitative estimate of drug-likeness (QED) is 0.327. The van der Waals surface area contributed by atoms with Crippen LogP contribution >= 0.6 is 0 Å². The third-order valence-electron chi connectivity index (χ3n) is 11.0. The van der Waals surface area contributed by atoms with Gasteiger partial charge in [0.1, 0.15) is 0 Å². The second-order valence-electron chi connectivity index (χ2n) is 14.3. The first-order chi connectivity index (χ1) is 21.5. The Kier molecular flexibility index (Phi) is 8.98. The van der Waals surface area contributed by atoms with Crippen LogP contribution in [0.4, 0.5) is 4.79 Å². The van der Waals surface area contributed by atoms with Gasteiger partial charge in [0.25, 0.3) is 0 Å². The summed E-state index contributed by atoms with van der Waals surface area (Å²) in [5, 5.41) is 16.1. The van der Waals surface area contributed by atoms with Gasteiger partial charge in [0.05, 0.1) is 25.4 Å². The minimum absolute atomic E-state index is 0.0164. The summed E-state index contributed by atoms with van der Waals surface area (Å²) in [4.78, 5) is 15.5. The Morgan fingerprint density at radius 3 is 2.25 bits per heavy atom. The standard InChI is InChI=1S/C36H49N3O5/c1-42-23-31-3-2-12-39(31)21-32-16-33(29-8-6-25(22-40)7-9-29)44-34(43-32)30-10-4-24(5-11-30)20-37-35(41)38-36-17-26-13-27(18-36)15-28(14-26)19-36/h4-11,26-28,31-34,40H,2-3,12-23H2,1H3,(H2,37,38,41). The topological polar surface area (TPSA) is 92.3 Å². The SMILES string of the molecule is COCC1CCCN1CC1CC(c2ccc(CO)cc2)OC(c2ccc(CNC(=O)NC34CC5CC(CC(C5)C3)C4)cc2)O1. The second-order valence-corrected chi connectivity index (χ2v) is 14.3. The number of ether oxygens (including phenoxy) is 3. The Labute approximate surface area is 261 Å². The van der Waals surface area contributed by atoms with E-state index in [0.29, 0.717) is 12.6 Å². The van der Waals surface area contributed by atoms with Crippen LogP contribution in [0.15, 0.2) is 48.5 Å². The summed E-state index contributed by atoms with van der Waals surface area (Å²) in [7, 11) is 1.78. The van der Waals surface area contributed by atoms with E-state index in [2.05, 4.69) is 51.9 Å². The Bertz CT molecular complexity index is 1230. The Morgan fingerprint density at radius 1 is 0.932 bits per heavy atom. The van der Waals surface area contributed by atoms with Crippen molar-refractivity contribution >= 4 is 6.03 Å². The highest BCUT2D eigenvalue weighted by Gasteiger charge is 2.51. The number of aliphatic hydroxyl groups excluding tert-OH is 1. The summed E-state index contributed by atoms with van der Waals surface area (Å²) in [6, 6.07) is 16.7. The van der Waals surface area contributed by atoms with Crippen molar-refractivity contribution in [2.24, 2.45) is 17.8 Å². The maximum Gasteiger partial charge on any atom is 0.315 e. The molecule has 2 aliphatic heterocycles. The number of amides is 2. The zero-order valence-electron chi connectivity index (χ0n) is 26.1. The molecule has 4 unspecified atom stereocenters. The van der Waals surface area contributed by atoms with Crippen molar-refractivity contribution in [3.63, 3.8) is 0 Å². The highest BCUT2D eigenvalue weighted by molar-refractivity contribution is 5.75. The number of nitrogens with one attached hydrogen (secondary N) is 2. The van der Waals surface area contributed by atoms with E-state index in [1.807, 2.05) is 12.1 Å². The molecule has 44 heavy (non-hydrogen) atoms. The van der Waals surface area contributed by atoms with Crippen molar-refractivity contribution in [2.45, 2.75) is 101 Å². The second kappa shape index (κ2) is 13.1. The molecule has 238 valence electrons. The molecule has 6 aliphatic rings. The van der Waals surface area contributed by atoms with Gasteiger partial charge in [-0.2, -0.15) is 0 Å². The molecular formula is C36H49N3O5. The Hall–Kier alpha value is -2.49. The summed E-state index contributed by atoms with van der Waals surface area (Å²) in [6.45, 7) is 3.17. The van der Waals surface area contributed by atoms with E-state index in [4.69, 9.17) is 14.2 Å². The van der Waals surface area contributed by atoms with Crippen molar-refractivity contribution < 1.29 is 24.1 Å². The summed E-state index contributed by atoms with van der Waals surface area (Å²) < 4.78 is 18.7. The molecule has 2 saturated heterocycles. The molecule has 2 aromatic rings. The van der Waals surface area contributed by atoms with Crippen molar-refractivity contribution in [2.75, 3.05) is 26.8 Å². The maximum absolute atomic E-state index is 13.0. The van der Waals surface area contributed by atoms with Crippen molar-refractivity contribution in [3.05, 3.63) is 70.8 Å². The number of rotatable bonds is 10. The van der Waals surface area contributed by atoms with Crippen LogP contribution in [0.1, 0.15) is 92.4 Å². The van der Waals surface area contributed by atoms with Gasteiger partial charge in [-0.1, -0.05) is 48.5 Å². The molecule has 3 N–H and O–H groups in total. The molecule has 4 aliphatic carbocycles. The van der Waals surface area contributed by atoms with Crippen molar-refractivity contribution in [1.29, 1.82) is 0 Å². The van der Waals surface area contributed by atoms with E-state index >= 15 is 0 Å². The highest BCUT2D eigenvalue weighted by atomic mass is 16.7. The van der Waals surface area contributed by atoms with Gasteiger partial charge >= 0.3 is 6.03 Å². The number of hydrogen-bond acceptors (Lipinski definition) is 6.